The molecular formula is C9H7ClN2O2. The molecule has 0 aromatic heterocycles. The van der Waals surface area contributed by atoms with Gasteiger partial charge < -0.3 is 0 Å². The molecule has 0 aliphatic carbocycles. The van der Waals surface area contributed by atoms with E-state index in [1.165, 1.54) is 12.1 Å². The lowest BCUT2D eigenvalue weighted by Crippen LogP contribution is -1.97. The van der Waals surface area contributed by atoms with E-state index >= 15 is 0 Å². The average Bonchev–Trinajstić information content (AvgIpc) is 2.01. The summed E-state index contributed by atoms with van der Waals surface area (Å²) in [6.07, 6.45) is -0.00227. The molecule has 0 spiro atoms. The molecule has 0 amide bonds. The van der Waals surface area contributed by atoms with E-state index in [9.17, 15) is 10.1 Å². The summed E-state index contributed by atoms with van der Waals surface area (Å²) in [5, 5.41) is 19.6. The number of nitro benzene ring substituents is 1. The highest BCUT2D eigenvalue weighted by molar-refractivity contribution is 6.30. The minimum Gasteiger partial charge on any atom is -0.258 e. The second-order valence-electron chi connectivity index (χ2n) is 2.82. The number of hydrogen-bond donors (Lipinski definition) is 0. The van der Waals surface area contributed by atoms with Gasteiger partial charge in [0.15, 0.2) is 0 Å². The first-order valence-electron chi connectivity index (χ1n) is 3.86. The molecular weight excluding hydrogens is 204 g/mol. The van der Waals surface area contributed by atoms with Crippen LogP contribution < -0.4 is 0 Å². The Bertz CT molecular complexity index is 424. The molecule has 0 bridgehead atoms. The van der Waals surface area contributed by atoms with Crippen molar-refractivity contribution in [2.24, 2.45) is 0 Å². The number of aryl methyl sites for hydroxylation is 1. The Labute approximate surface area is 85.9 Å². The van der Waals surface area contributed by atoms with Crippen molar-refractivity contribution in [3.05, 3.63) is 38.4 Å². The van der Waals surface area contributed by atoms with Gasteiger partial charge in [0.1, 0.15) is 0 Å². The zero-order chi connectivity index (χ0) is 10.7. The summed E-state index contributed by atoms with van der Waals surface area (Å²) >= 11 is 5.73. The van der Waals surface area contributed by atoms with Gasteiger partial charge in [-0.15, -0.1) is 0 Å². The van der Waals surface area contributed by atoms with Crippen LogP contribution in [0.1, 0.15) is 11.1 Å². The summed E-state index contributed by atoms with van der Waals surface area (Å²) in [4.78, 5) is 10.2. The van der Waals surface area contributed by atoms with Crippen molar-refractivity contribution in [2.45, 2.75) is 13.3 Å². The van der Waals surface area contributed by atoms with Crippen LogP contribution in [0, 0.1) is 28.4 Å². The van der Waals surface area contributed by atoms with E-state index in [1.807, 2.05) is 6.07 Å². The van der Waals surface area contributed by atoms with Gasteiger partial charge in [0.05, 0.1) is 17.4 Å². The average molecular weight is 211 g/mol. The third-order valence-electron chi connectivity index (χ3n) is 1.80. The van der Waals surface area contributed by atoms with Gasteiger partial charge in [-0.1, -0.05) is 11.6 Å². The van der Waals surface area contributed by atoms with E-state index < -0.39 is 4.92 Å². The standard InChI is InChI=1S/C9H7ClN2O2/c1-6-4-8(10)5-7(2-3-11)9(6)12(13)14/h4-5H,2H2,1H3. The molecule has 0 saturated heterocycles. The smallest absolute Gasteiger partial charge is 0.258 e. The fourth-order valence-corrected chi connectivity index (χ4v) is 1.58. The maximum atomic E-state index is 10.7. The zero-order valence-electron chi connectivity index (χ0n) is 7.45. The predicted molar refractivity (Wildman–Crippen MR) is 52.2 cm³/mol. The molecule has 72 valence electrons. The maximum Gasteiger partial charge on any atom is 0.276 e. The van der Waals surface area contributed by atoms with Gasteiger partial charge in [-0.2, -0.15) is 5.26 Å². The van der Waals surface area contributed by atoms with Crippen LogP contribution in [0.5, 0.6) is 0 Å². The molecule has 4 nitrogen and oxygen atoms in total. The SMILES string of the molecule is Cc1cc(Cl)cc(CC#N)c1[N+](=O)[O-]. The number of benzene rings is 1. The zero-order valence-corrected chi connectivity index (χ0v) is 8.21. The number of rotatable bonds is 2. The van der Waals surface area contributed by atoms with Gasteiger partial charge in [0.25, 0.3) is 5.69 Å². The molecule has 0 aliphatic heterocycles. The highest BCUT2D eigenvalue weighted by atomic mass is 35.5. The van der Waals surface area contributed by atoms with Gasteiger partial charge in [0, 0.05) is 16.1 Å². The lowest BCUT2D eigenvalue weighted by Gasteiger charge is -2.02. The van der Waals surface area contributed by atoms with Crippen LogP contribution in [0.4, 0.5) is 5.69 Å². The first-order chi connectivity index (χ1) is 6.56. The van der Waals surface area contributed by atoms with E-state index in [4.69, 9.17) is 16.9 Å². The molecule has 0 unspecified atom stereocenters. The van der Waals surface area contributed by atoms with Crippen LogP contribution in [0.15, 0.2) is 12.1 Å². The molecule has 1 rings (SSSR count). The summed E-state index contributed by atoms with van der Waals surface area (Å²) in [6, 6.07) is 4.84. The Kier molecular flexibility index (Phi) is 3.05. The molecule has 5 heteroatoms. The summed E-state index contributed by atoms with van der Waals surface area (Å²) in [5.74, 6) is 0. The van der Waals surface area contributed by atoms with Crippen molar-refractivity contribution < 1.29 is 4.92 Å². The van der Waals surface area contributed by atoms with E-state index in [0.29, 0.717) is 16.1 Å². The second-order valence-corrected chi connectivity index (χ2v) is 3.26. The molecule has 0 N–H and O–H groups in total. The van der Waals surface area contributed by atoms with Crippen LogP contribution in [-0.2, 0) is 6.42 Å². The topological polar surface area (TPSA) is 66.9 Å². The van der Waals surface area contributed by atoms with E-state index in [0.717, 1.165) is 0 Å². The Hall–Kier alpha value is -1.60. The first kappa shape index (κ1) is 10.5. The van der Waals surface area contributed by atoms with Crippen LogP contribution in [0.3, 0.4) is 0 Å². The van der Waals surface area contributed by atoms with Crippen molar-refractivity contribution in [2.75, 3.05) is 0 Å². The minimum absolute atomic E-state index is 0.00227. The second kappa shape index (κ2) is 4.07. The molecule has 0 atom stereocenters. The fraction of sp³-hybridized carbons (Fsp3) is 0.222. The van der Waals surface area contributed by atoms with Gasteiger partial charge in [0.2, 0.25) is 0 Å². The molecule has 14 heavy (non-hydrogen) atoms. The van der Waals surface area contributed by atoms with Gasteiger partial charge in [-0.3, -0.25) is 10.1 Å². The van der Waals surface area contributed by atoms with Gasteiger partial charge in [-0.05, 0) is 19.1 Å². The third-order valence-corrected chi connectivity index (χ3v) is 2.01. The summed E-state index contributed by atoms with van der Waals surface area (Å²) in [7, 11) is 0. The number of halogens is 1. The molecule has 0 saturated carbocycles. The van der Waals surface area contributed by atoms with E-state index in [2.05, 4.69) is 0 Å². The quantitative estimate of drug-likeness (QED) is 0.557. The van der Waals surface area contributed by atoms with Crippen molar-refractivity contribution in [3.63, 3.8) is 0 Å². The molecule has 0 fully saturated rings. The van der Waals surface area contributed by atoms with Crippen LogP contribution >= 0.6 is 11.6 Å². The van der Waals surface area contributed by atoms with Crippen molar-refractivity contribution >= 4 is 17.3 Å². The largest absolute Gasteiger partial charge is 0.276 e. The Morgan fingerprint density at radius 2 is 2.29 bits per heavy atom. The lowest BCUT2D eigenvalue weighted by atomic mass is 10.1. The monoisotopic (exact) mass is 210 g/mol. The van der Waals surface area contributed by atoms with E-state index in [-0.39, 0.29) is 12.1 Å². The number of nitro groups is 1. The van der Waals surface area contributed by atoms with Crippen molar-refractivity contribution in [3.8, 4) is 6.07 Å². The number of hydrogen-bond acceptors (Lipinski definition) is 3. The minimum atomic E-state index is -0.488. The number of nitrogens with zero attached hydrogens (tertiary/aromatic N) is 2. The van der Waals surface area contributed by atoms with Crippen LogP contribution in [0.2, 0.25) is 5.02 Å². The number of nitriles is 1. The van der Waals surface area contributed by atoms with Crippen LogP contribution in [0.25, 0.3) is 0 Å². The van der Waals surface area contributed by atoms with Gasteiger partial charge >= 0.3 is 0 Å². The maximum absolute atomic E-state index is 10.7. The Morgan fingerprint density at radius 3 is 2.79 bits per heavy atom. The van der Waals surface area contributed by atoms with Gasteiger partial charge in [-0.25, -0.2) is 0 Å². The molecule has 1 aromatic rings. The van der Waals surface area contributed by atoms with Crippen molar-refractivity contribution in [1.82, 2.24) is 0 Å². The highest BCUT2D eigenvalue weighted by Gasteiger charge is 2.17. The predicted octanol–water partition coefficient (Wildman–Crippen LogP) is 2.62. The third kappa shape index (κ3) is 2.01. The molecule has 1 aromatic carbocycles. The molecule has 0 aliphatic rings. The Balaban J connectivity index is 3.38. The molecule has 0 heterocycles. The lowest BCUT2D eigenvalue weighted by molar-refractivity contribution is -0.386. The summed E-state index contributed by atoms with van der Waals surface area (Å²) in [6.45, 7) is 1.60. The van der Waals surface area contributed by atoms with E-state index in [1.54, 1.807) is 6.92 Å². The fourth-order valence-electron chi connectivity index (χ4n) is 1.29. The van der Waals surface area contributed by atoms with Crippen LogP contribution in [-0.4, -0.2) is 4.92 Å². The Morgan fingerprint density at radius 1 is 1.64 bits per heavy atom. The normalized spacial score (nSPS) is 9.50. The summed E-state index contributed by atoms with van der Waals surface area (Å²) < 4.78 is 0. The highest BCUT2D eigenvalue weighted by Crippen LogP contribution is 2.27. The first-order valence-corrected chi connectivity index (χ1v) is 4.24. The van der Waals surface area contributed by atoms with Crippen molar-refractivity contribution in [1.29, 1.82) is 5.26 Å². The summed E-state index contributed by atoms with van der Waals surface area (Å²) in [5.41, 5.74) is 0.825. The molecule has 0 radical (unpaired) electrons.